The molecule has 1 N–H and O–H groups in total. The van der Waals surface area contributed by atoms with Gasteiger partial charge in [-0.25, -0.2) is 0 Å². The quantitative estimate of drug-likeness (QED) is 0.831. The molecule has 0 aromatic rings. The Morgan fingerprint density at radius 3 is 2.72 bits per heavy atom. The van der Waals surface area contributed by atoms with E-state index in [1.807, 2.05) is 0 Å². The molecule has 0 aromatic carbocycles. The molecule has 0 aromatic heterocycles. The average molecular weight is 254 g/mol. The van der Waals surface area contributed by atoms with E-state index in [4.69, 9.17) is 0 Å². The highest BCUT2D eigenvalue weighted by Gasteiger charge is 2.50. The van der Waals surface area contributed by atoms with Gasteiger partial charge in [0.1, 0.15) is 5.54 Å². The van der Waals surface area contributed by atoms with E-state index < -0.39 is 11.5 Å². The molecule has 0 bridgehead atoms. The van der Waals surface area contributed by atoms with Gasteiger partial charge in [-0.15, -0.1) is 0 Å². The van der Waals surface area contributed by atoms with Crippen molar-refractivity contribution in [2.24, 2.45) is 0 Å². The molecule has 2 heterocycles. The number of carbonyl (C=O) groups is 1. The maximum absolute atomic E-state index is 11.8. The van der Waals surface area contributed by atoms with Crippen molar-refractivity contribution in [1.82, 2.24) is 9.80 Å². The van der Waals surface area contributed by atoms with Crippen molar-refractivity contribution in [3.8, 4) is 0 Å². The van der Waals surface area contributed by atoms with E-state index in [2.05, 4.69) is 30.7 Å². The van der Waals surface area contributed by atoms with Crippen LogP contribution >= 0.6 is 0 Å². The molecule has 2 fully saturated rings. The molecule has 3 unspecified atom stereocenters. The number of hydrogen-bond donors (Lipinski definition) is 1. The number of likely N-dealkylation sites (N-methyl/N-ethyl adjacent to an activating group) is 1. The van der Waals surface area contributed by atoms with Gasteiger partial charge in [-0.2, -0.15) is 0 Å². The molecule has 18 heavy (non-hydrogen) atoms. The fourth-order valence-electron chi connectivity index (χ4n) is 3.84. The highest BCUT2D eigenvalue weighted by molar-refractivity contribution is 5.79. The predicted octanol–water partition coefficient (Wildman–Crippen LogP) is 1.80. The van der Waals surface area contributed by atoms with Crippen molar-refractivity contribution in [2.75, 3.05) is 20.1 Å². The van der Waals surface area contributed by atoms with Gasteiger partial charge in [0.05, 0.1) is 0 Å². The lowest BCUT2D eigenvalue weighted by Gasteiger charge is -2.38. The second-order valence-corrected chi connectivity index (χ2v) is 6.06. The van der Waals surface area contributed by atoms with Crippen LogP contribution in [0.1, 0.15) is 46.0 Å². The van der Waals surface area contributed by atoms with Gasteiger partial charge in [0.2, 0.25) is 0 Å². The molecular weight excluding hydrogens is 228 g/mol. The van der Waals surface area contributed by atoms with Crippen molar-refractivity contribution >= 4 is 5.97 Å². The molecule has 2 rings (SSSR count). The summed E-state index contributed by atoms with van der Waals surface area (Å²) in [7, 11) is 2.14. The van der Waals surface area contributed by atoms with Crippen molar-refractivity contribution < 1.29 is 9.90 Å². The monoisotopic (exact) mass is 254 g/mol. The Morgan fingerprint density at radius 1 is 1.50 bits per heavy atom. The van der Waals surface area contributed by atoms with Crippen LogP contribution in [0.15, 0.2) is 0 Å². The summed E-state index contributed by atoms with van der Waals surface area (Å²) in [6.45, 7) is 6.29. The number of carboxylic acid groups (broad SMARTS) is 1. The average Bonchev–Trinajstić information content (AvgIpc) is 2.85. The topological polar surface area (TPSA) is 43.8 Å². The van der Waals surface area contributed by atoms with E-state index in [1.54, 1.807) is 0 Å². The van der Waals surface area contributed by atoms with E-state index in [1.165, 1.54) is 0 Å². The van der Waals surface area contributed by atoms with Gasteiger partial charge >= 0.3 is 5.97 Å². The Labute approximate surface area is 110 Å². The molecule has 2 aliphatic rings. The highest BCUT2D eigenvalue weighted by Crippen LogP contribution is 2.38. The van der Waals surface area contributed by atoms with Crippen LogP contribution in [0, 0.1) is 0 Å². The van der Waals surface area contributed by atoms with E-state index in [9.17, 15) is 9.90 Å². The zero-order valence-electron chi connectivity index (χ0n) is 11.9. The summed E-state index contributed by atoms with van der Waals surface area (Å²) in [5.74, 6) is -0.607. The number of carboxylic acids is 1. The lowest BCUT2D eigenvalue weighted by atomic mass is 9.89. The molecule has 0 radical (unpaired) electrons. The third-order valence-corrected chi connectivity index (χ3v) is 4.91. The van der Waals surface area contributed by atoms with Gasteiger partial charge in [-0.1, -0.05) is 13.3 Å². The highest BCUT2D eigenvalue weighted by atomic mass is 16.4. The van der Waals surface area contributed by atoms with Crippen LogP contribution in [0.25, 0.3) is 0 Å². The molecule has 4 nitrogen and oxygen atoms in total. The van der Waals surface area contributed by atoms with Gasteiger partial charge in [0.15, 0.2) is 0 Å². The second-order valence-electron chi connectivity index (χ2n) is 6.06. The largest absolute Gasteiger partial charge is 0.480 e. The van der Waals surface area contributed by atoms with Crippen LogP contribution in [0.4, 0.5) is 0 Å². The summed E-state index contributed by atoms with van der Waals surface area (Å²) in [6, 6.07) is 0.999. The number of likely N-dealkylation sites (tertiary alicyclic amines) is 2. The molecule has 4 heteroatoms. The first-order valence-corrected chi connectivity index (χ1v) is 7.21. The first kappa shape index (κ1) is 13.8. The third-order valence-electron chi connectivity index (χ3n) is 4.91. The summed E-state index contributed by atoms with van der Waals surface area (Å²) >= 11 is 0. The minimum Gasteiger partial charge on any atom is -0.480 e. The van der Waals surface area contributed by atoms with Gasteiger partial charge in [0, 0.05) is 18.6 Å². The minimum atomic E-state index is -0.607. The smallest absolute Gasteiger partial charge is 0.324 e. The van der Waals surface area contributed by atoms with Gasteiger partial charge in [-0.3, -0.25) is 9.69 Å². The van der Waals surface area contributed by atoms with Crippen LogP contribution in [-0.2, 0) is 4.79 Å². The molecule has 0 spiro atoms. The summed E-state index contributed by atoms with van der Waals surface area (Å²) in [5.41, 5.74) is -0.579. The molecule has 2 saturated heterocycles. The molecule has 0 amide bonds. The Kier molecular flexibility index (Phi) is 3.97. The molecule has 0 aliphatic carbocycles. The van der Waals surface area contributed by atoms with Crippen LogP contribution in [-0.4, -0.2) is 58.6 Å². The van der Waals surface area contributed by atoms with Crippen molar-refractivity contribution in [3.05, 3.63) is 0 Å². The Balaban J connectivity index is 2.18. The number of aliphatic carboxylic acids is 1. The fraction of sp³-hybridized carbons (Fsp3) is 0.929. The molecule has 3 atom stereocenters. The minimum absolute atomic E-state index is 0.426. The maximum Gasteiger partial charge on any atom is 0.324 e. The molecular formula is C14H26N2O2. The van der Waals surface area contributed by atoms with E-state index >= 15 is 0 Å². The lowest BCUT2D eigenvalue weighted by Crippen LogP contribution is -2.55. The predicted molar refractivity (Wildman–Crippen MR) is 71.7 cm³/mol. The fourth-order valence-corrected chi connectivity index (χ4v) is 3.84. The summed E-state index contributed by atoms with van der Waals surface area (Å²) in [6.07, 6.45) is 4.69. The Bertz CT molecular complexity index is 311. The normalized spacial score (nSPS) is 38.4. The lowest BCUT2D eigenvalue weighted by molar-refractivity contribution is -0.151. The summed E-state index contributed by atoms with van der Waals surface area (Å²) in [5, 5.41) is 9.70. The van der Waals surface area contributed by atoms with Crippen LogP contribution in [0.2, 0.25) is 0 Å². The van der Waals surface area contributed by atoms with Gasteiger partial charge < -0.3 is 10.0 Å². The maximum atomic E-state index is 11.8. The van der Waals surface area contributed by atoms with Crippen LogP contribution < -0.4 is 0 Å². The molecule has 104 valence electrons. The summed E-state index contributed by atoms with van der Waals surface area (Å²) in [4.78, 5) is 16.4. The zero-order chi connectivity index (χ0) is 13.3. The summed E-state index contributed by atoms with van der Waals surface area (Å²) < 4.78 is 0. The number of hydrogen-bond acceptors (Lipinski definition) is 3. The number of nitrogens with zero attached hydrogens (tertiary/aromatic N) is 2. The SMILES string of the molecule is CCCC1(C(=O)O)CCCN1C1CC(C)N(C)C1. The second kappa shape index (κ2) is 5.17. The van der Waals surface area contributed by atoms with E-state index in [0.29, 0.717) is 12.1 Å². The van der Waals surface area contributed by atoms with Gasteiger partial charge in [0.25, 0.3) is 0 Å². The van der Waals surface area contributed by atoms with E-state index in [0.717, 1.165) is 45.2 Å². The number of rotatable bonds is 4. The van der Waals surface area contributed by atoms with Crippen molar-refractivity contribution in [1.29, 1.82) is 0 Å². The zero-order valence-corrected chi connectivity index (χ0v) is 11.9. The Hall–Kier alpha value is -0.610. The Morgan fingerprint density at radius 2 is 2.22 bits per heavy atom. The third kappa shape index (κ3) is 2.16. The first-order valence-electron chi connectivity index (χ1n) is 7.21. The van der Waals surface area contributed by atoms with Crippen LogP contribution in [0.3, 0.4) is 0 Å². The van der Waals surface area contributed by atoms with Crippen LogP contribution in [0.5, 0.6) is 0 Å². The van der Waals surface area contributed by atoms with E-state index in [-0.39, 0.29) is 0 Å². The van der Waals surface area contributed by atoms with Crippen molar-refractivity contribution in [2.45, 2.75) is 63.6 Å². The molecule has 0 saturated carbocycles. The molecule has 2 aliphatic heterocycles. The van der Waals surface area contributed by atoms with Crippen molar-refractivity contribution in [3.63, 3.8) is 0 Å². The standard InChI is InChI=1S/C14H26N2O2/c1-4-6-14(13(17)18)7-5-8-16(14)12-9-11(2)15(3)10-12/h11-12H,4-10H2,1-3H3,(H,17,18). The van der Waals surface area contributed by atoms with Gasteiger partial charge in [-0.05, 0) is 46.2 Å². The first-order chi connectivity index (χ1) is 8.51.